The van der Waals surface area contributed by atoms with Gasteiger partial charge >= 0.3 is 0 Å². The monoisotopic (exact) mass is 156 g/mol. The highest BCUT2D eigenvalue weighted by Gasteiger charge is 2.03. The largest absolute Gasteiger partial charge is 0.0622 e. The lowest BCUT2D eigenvalue weighted by Gasteiger charge is -1.95. The third kappa shape index (κ3) is 1.10. The van der Waals surface area contributed by atoms with E-state index in [-0.39, 0.29) is 0 Å². The Morgan fingerprint density at radius 2 is 1.75 bits per heavy atom. The minimum atomic E-state index is 1.12. The van der Waals surface area contributed by atoms with Crippen LogP contribution in [0.15, 0.2) is 42.5 Å². The quantitative estimate of drug-likeness (QED) is 0.594. The van der Waals surface area contributed by atoms with E-state index in [0.29, 0.717) is 0 Å². The molecule has 2 rings (SSSR count). The third-order valence-electron chi connectivity index (χ3n) is 2.26. The predicted molar refractivity (Wildman–Crippen MR) is 52.4 cm³/mol. The molecule has 0 aliphatic heterocycles. The Morgan fingerprint density at radius 3 is 2.58 bits per heavy atom. The SMILES string of the molecule is CCc1ccc2cccccc1-2. The number of rotatable bonds is 1. The molecule has 0 nitrogen and oxygen atoms in total. The molecule has 0 atom stereocenters. The van der Waals surface area contributed by atoms with Crippen molar-refractivity contribution in [2.24, 2.45) is 0 Å². The van der Waals surface area contributed by atoms with Crippen LogP contribution < -0.4 is 0 Å². The van der Waals surface area contributed by atoms with Gasteiger partial charge in [0.15, 0.2) is 0 Å². The van der Waals surface area contributed by atoms with Crippen molar-refractivity contribution >= 4 is 0 Å². The van der Waals surface area contributed by atoms with E-state index < -0.39 is 0 Å². The van der Waals surface area contributed by atoms with Gasteiger partial charge in [0.2, 0.25) is 0 Å². The van der Waals surface area contributed by atoms with Crippen LogP contribution >= 0.6 is 0 Å². The van der Waals surface area contributed by atoms with Gasteiger partial charge in [-0.3, -0.25) is 0 Å². The van der Waals surface area contributed by atoms with Gasteiger partial charge in [0.1, 0.15) is 0 Å². The Labute approximate surface area is 73.2 Å². The Bertz CT molecular complexity index is 349. The molecule has 0 N–H and O–H groups in total. The van der Waals surface area contributed by atoms with E-state index in [1.54, 1.807) is 0 Å². The summed E-state index contributed by atoms with van der Waals surface area (Å²) >= 11 is 0. The van der Waals surface area contributed by atoms with Crippen LogP contribution in [0.1, 0.15) is 12.5 Å². The van der Waals surface area contributed by atoms with Crippen molar-refractivity contribution in [1.82, 2.24) is 0 Å². The van der Waals surface area contributed by atoms with Crippen LogP contribution in [0.4, 0.5) is 0 Å². The molecule has 0 bridgehead atoms. The zero-order valence-electron chi connectivity index (χ0n) is 7.25. The second kappa shape index (κ2) is 2.98. The fraction of sp³-hybridized carbons (Fsp3) is 0.167. The van der Waals surface area contributed by atoms with Crippen LogP contribution in [0.3, 0.4) is 0 Å². The highest BCUT2D eigenvalue weighted by Crippen LogP contribution is 2.26. The maximum absolute atomic E-state index is 2.21. The maximum atomic E-state index is 2.21. The summed E-state index contributed by atoms with van der Waals surface area (Å²) in [6.45, 7) is 2.20. The average molecular weight is 156 g/mol. The standard InChI is InChI=1S/C12H12/c1-2-10-8-9-11-6-4-3-5-7-12(10)11/h3-9H,2H2,1H3. The number of hydrogen-bond donors (Lipinski definition) is 0. The summed E-state index contributed by atoms with van der Waals surface area (Å²) in [4.78, 5) is 0. The van der Waals surface area contributed by atoms with E-state index >= 15 is 0 Å². The van der Waals surface area contributed by atoms with Crippen LogP contribution in [-0.2, 0) is 6.42 Å². The lowest BCUT2D eigenvalue weighted by molar-refractivity contribution is 1.16. The molecule has 0 heterocycles. The van der Waals surface area contributed by atoms with Crippen LogP contribution in [0.25, 0.3) is 11.1 Å². The van der Waals surface area contributed by atoms with Gasteiger partial charge < -0.3 is 0 Å². The first-order valence-electron chi connectivity index (χ1n) is 4.38. The first-order chi connectivity index (χ1) is 5.92. The van der Waals surface area contributed by atoms with Gasteiger partial charge in [0.25, 0.3) is 0 Å². The van der Waals surface area contributed by atoms with Gasteiger partial charge in [0.05, 0.1) is 0 Å². The summed E-state index contributed by atoms with van der Waals surface area (Å²) < 4.78 is 0. The number of fused-ring (bicyclic) bond motifs is 1. The van der Waals surface area contributed by atoms with Crippen LogP contribution in [0.5, 0.6) is 0 Å². The molecule has 12 heavy (non-hydrogen) atoms. The molecule has 2 aliphatic rings. The van der Waals surface area contributed by atoms with Crippen LogP contribution in [0, 0.1) is 0 Å². The first-order valence-corrected chi connectivity index (χ1v) is 4.38. The summed E-state index contributed by atoms with van der Waals surface area (Å²) in [5.74, 6) is 0. The lowest BCUT2D eigenvalue weighted by atomic mass is 10.1. The van der Waals surface area contributed by atoms with E-state index in [1.807, 2.05) is 0 Å². The van der Waals surface area contributed by atoms with Gasteiger partial charge in [-0.15, -0.1) is 0 Å². The van der Waals surface area contributed by atoms with E-state index in [1.165, 1.54) is 16.7 Å². The molecular formula is C12H12. The van der Waals surface area contributed by atoms with Gasteiger partial charge in [-0.2, -0.15) is 0 Å². The highest BCUT2D eigenvalue weighted by molar-refractivity contribution is 5.70. The fourth-order valence-electron chi connectivity index (χ4n) is 1.59. The summed E-state index contributed by atoms with van der Waals surface area (Å²) in [5.41, 5.74) is 4.18. The molecular weight excluding hydrogens is 144 g/mol. The van der Waals surface area contributed by atoms with Crippen molar-refractivity contribution in [2.45, 2.75) is 13.3 Å². The molecule has 0 amide bonds. The normalized spacial score (nSPS) is 10.4. The number of hydrogen-bond acceptors (Lipinski definition) is 0. The third-order valence-corrected chi connectivity index (χ3v) is 2.26. The predicted octanol–water partition coefficient (Wildman–Crippen LogP) is 3.35. The van der Waals surface area contributed by atoms with E-state index in [2.05, 4.69) is 49.4 Å². The highest BCUT2D eigenvalue weighted by atomic mass is 14.1. The molecule has 0 saturated carbocycles. The molecule has 2 aliphatic carbocycles. The Morgan fingerprint density at radius 1 is 0.917 bits per heavy atom. The topological polar surface area (TPSA) is 0 Å². The maximum Gasteiger partial charge on any atom is -0.0152 e. The van der Waals surface area contributed by atoms with Crippen molar-refractivity contribution < 1.29 is 0 Å². The average Bonchev–Trinajstić information content (AvgIpc) is 2.33. The summed E-state index contributed by atoms with van der Waals surface area (Å²) in [6.07, 6.45) is 1.12. The van der Waals surface area contributed by atoms with Crippen molar-refractivity contribution in [1.29, 1.82) is 0 Å². The van der Waals surface area contributed by atoms with Crippen molar-refractivity contribution in [2.75, 3.05) is 0 Å². The second-order valence-electron chi connectivity index (χ2n) is 2.99. The molecule has 0 fully saturated rings. The van der Waals surface area contributed by atoms with Gasteiger partial charge in [-0.25, -0.2) is 0 Å². The lowest BCUT2D eigenvalue weighted by Crippen LogP contribution is -1.75. The molecule has 0 aromatic carbocycles. The van der Waals surface area contributed by atoms with Crippen molar-refractivity contribution in [3.05, 3.63) is 48.0 Å². The van der Waals surface area contributed by atoms with E-state index in [0.717, 1.165) is 6.42 Å². The molecule has 0 radical (unpaired) electrons. The molecule has 60 valence electrons. The molecule has 0 spiro atoms. The summed E-state index contributed by atoms with van der Waals surface area (Å²) in [7, 11) is 0. The van der Waals surface area contributed by atoms with Crippen molar-refractivity contribution in [3.63, 3.8) is 0 Å². The number of aryl methyl sites for hydroxylation is 1. The Kier molecular flexibility index (Phi) is 1.83. The molecule has 0 heteroatoms. The molecule has 0 aromatic rings. The Balaban J connectivity index is 2.64. The van der Waals surface area contributed by atoms with Gasteiger partial charge in [-0.1, -0.05) is 49.4 Å². The van der Waals surface area contributed by atoms with Crippen LogP contribution in [0.2, 0.25) is 0 Å². The van der Waals surface area contributed by atoms with E-state index in [4.69, 9.17) is 0 Å². The van der Waals surface area contributed by atoms with Gasteiger partial charge in [-0.05, 0) is 23.1 Å². The van der Waals surface area contributed by atoms with Crippen molar-refractivity contribution in [3.8, 4) is 11.1 Å². The zero-order valence-corrected chi connectivity index (χ0v) is 7.25. The minimum Gasteiger partial charge on any atom is -0.0622 e. The minimum absolute atomic E-state index is 1.12. The fourth-order valence-corrected chi connectivity index (χ4v) is 1.59. The summed E-state index contributed by atoms with van der Waals surface area (Å²) in [6, 6.07) is 15.0. The molecule has 0 aromatic heterocycles. The first kappa shape index (κ1) is 7.35. The molecule has 0 saturated heterocycles. The van der Waals surface area contributed by atoms with E-state index in [9.17, 15) is 0 Å². The zero-order chi connectivity index (χ0) is 8.39. The second-order valence-corrected chi connectivity index (χ2v) is 2.99. The smallest absolute Gasteiger partial charge is 0.0152 e. The Hall–Kier alpha value is -1.30. The van der Waals surface area contributed by atoms with Gasteiger partial charge in [0, 0.05) is 0 Å². The molecule has 0 unspecified atom stereocenters. The van der Waals surface area contributed by atoms with Crippen LogP contribution in [-0.4, -0.2) is 0 Å². The summed E-state index contributed by atoms with van der Waals surface area (Å²) in [5, 5.41) is 0.